The lowest BCUT2D eigenvalue weighted by Gasteiger charge is -2.31. The van der Waals surface area contributed by atoms with E-state index in [1.807, 2.05) is 29.2 Å². The number of hydrogen-bond acceptors (Lipinski definition) is 4. The molecule has 3 heterocycles. The summed E-state index contributed by atoms with van der Waals surface area (Å²) in [5.41, 5.74) is 3.49. The van der Waals surface area contributed by atoms with Gasteiger partial charge in [0.25, 0.3) is 5.91 Å². The Bertz CT molecular complexity index is 1140. The highest BCUT2D eigenvalue weighted by Crippen LogP contribution is 2.40. The van der Waals surface area contributed by atoms with Crippen LogP contribution in [0.3, 0.4) is 0 Å². The molecule has 0 saturated carbocycles. The van der Waals surface area contributed by atoms with Gasteiger partial charge in [-0.1, -0.05) is 36.4 Å². The van der Waals surface area contributed by atoms with Gasteiger partial charge < -0.3 is 10.2 Å². The molecule has 0 radical (unpaired) electrons. The minimum atomic E-state index is -0.0179. The first-order valence-electron chi connectivity index (χ1n) is 11.0. The molecular weight excluding hydrogens is 406 g/mol. The number of thiophene rings is 1. The summed E-state index contributed by atoms with van der Waals surface area (Å²) in [4.78, 5) is 30.8. The molecule has 1 fully saturated rings. The number of anilines is 1. The van der Waals surface area contributed by atoms with E-state index >= 15 is 0 Å². The van der Waals surface area contributed by atoms with Gasteiger partial charge in [0.1, 0.15) is 0 Å². The molecule has 2 amide bonds. The van der Waals surface area contributed by atoms with Crippen molar-refractivity contribution in [3.05, 3.63) is 64.5 Å². The maximum absolute atomic E-state index is 13.2. The van der Waals surface area contributed by atoms with E-state index in [1.165, 1.54) is 10.9 Å². The highest BCUT2D eigenvalue weighted by atomic mass is 32.1. The Morgan fingerprint density at radius 1 is 1.10 bits per heavy atom. The number of nitrogens with zero attached hydrogens (tertiary/aromatic N) is 2. The van der Waals surface area contributed by atoms with Crippen LogP contribution in [-0.4, -0.2) is 49.9 Å². The van der Waals surface area contributed by atoms with Gasteiger partial charge in [0.05, 0.1) is 11.4 Å². The van der Waals surface area contributed by atoms with Crippen LogP contribution >= 0.6 is 11.3 Å². The average molecular weight is 434 g/mol. The normalized spacial score (nSPS) is 18.9. The molecule has 5 rings (SSSR count). The third kappa shape index (κ3) is 3.75. The van der Waals surface area contributed by atoms with E-state index < -0.39 is 0 Å². The Labute approximate surface area is 186 Å². The fourth-order valence-electron chi connectivity index (χ4n) is 5.03. The van der Waals surface area contributed by atoms with Crippen molar-refractivity contribution in [1.29, 1.82) is 0 Å². The van der Waals surface area contributed by atoms with Gasteiger partial charge >= 0.3 is 0 Å². The van der Waals surface area contributed by atoms with Crippen molar-refractivity contribution >= 4 is 38.9 Å². The molecule has 1 aromatic heterocycles. The molecule has 2 aromatic carbocycles. The van der Waals surface area contributed by atoms with Crippen molar-refractivity contribution < 1.29 is 9.59 Å². The second-order valence-corrected chi connectivity index (χ2v) is 9.47. The largest absolute Gasteiger partial charge is 0.354 e. The monoisotopic (exact) mass is 433 g/mol. The van der Waals surface area contributed by atoms with E-state index in [2.05, 4.69) is 34.5 Å². The van der Waals surface area contributed by atoms with Gasteiger partial charge in [-0.2, -0.15) is 0 Å². The minimum Gasteiger partial charge on any atom is -0.354 e. The Morgan fingerprint density at radius 3 is 2.77 bits per heavy atom. The summed E-state index contributed by atoms with van der Waals surface area (Å²) in [5.74, 6) is 0.426. The molecule has 0 bridgehead atoms. The summed E-state index contributed by atoms with van der Waals surface area (Å²) in [6, 6.07) is 16.5. The van der Waals surface area contributed by atoms with Gasteiger partial charge in [-0.3, -0.25) is 14.5 Å². The number of para-hydroxylation sites is 1. The zero-order valence-electron chi connectivity index (χ0n) is 17.8. The van der Waals surface area contributed by atoms with Gasteiger partial charge in [-0.25, -0.2) is 0 Å². The van der Waals surface area contributed by atoms with E-state index in [0.717, 1.165) is 59.7 Å². The Hall–Kier alpha value is -2.70. The fraction of sp³-hybridized carbons (Fsp3) is 0.360. The second-order valence-electron chi connectivity index (χ2n) is 8.42. The van der Waals surface area contributed by atoms with Crippen molar-refractivity contribution in [2.24, 2.45) is 0 Å². The number of carbonyl (C=O) groups excluding carboxylic acids is 2. The summed E-state index contributed by atoms with van der Waals surface area (Å²) in [6.07, 6.45) is 3.02. The summed E-state index contributed by atoms with van der Waals surface area (Å²) in [6.45, 7) is 2.92. The third-order valence-corrected chi connectivity index (χ3v) is 7.70. The molecular formula is C25H27N3O2S. The first kappa shape index (κ1) is 20.2. The van der Waals surface area contributed by atoms with Gasteiger partial charge in [0, 0.05) is 36.4 Å². The molecule has 2 aliphatic rings. The molecule has 6 heteroatoms. The van der Waals surface area contributed by atoms with Crippen molar-refractivity contribution in [2.75, 3.05) is 38.1 Å². The molecule has 0 spiro atoms. The van der Waals surface area contributed by atoms with Gasteiger partial charge in [-0.15, -0.1) is 11.3 Å². The van der Waals surface area contributed by atoms with Crippen molar-refractivity contribution in [3.8, 4) is 0 Å². The van der Waals surface area contributed by atoms with E-state index in [-0.39, 0.29) is 17.7 Å². The zero-order valence-corrected chi connectivity index (χ0v) is 18.6. The van der Waals surface area contributed by atoms with Gasteiger partial charge in [0.2, 0.25) is 5.91 Å². The standard InChI is InChI=1S/C25H27N3O2S/c1-26-25(30)24-23(19-9-3-5-11-21(19)31-24)18-12-14-27(15-18)16-22(29)28-13-6-8-17-7-2-4-10-20(17)28/h2-5,7,9-11,18H,6,8,12-16H2,1H3,(H,26,30)/t18-/m1/s1. The first-order chi connectivity index (χ1) is 15.2. The van der Waals surface area contributed by atoms with Gasteiger partial charge in [0.15, 0.2) is 0 Å². The smallest absolute Gasteiger partial charge is 0.261 e. The van der Waals surface area contributed by atoms with Crippen LogP contribution in [0.25, 0.3) is 10.1 Å². The predicted molar refractivity (Wildman–Crippen MR) is 126 cm³/mol. The predicted octanol–water partition coefficient (Wildman–Crippen LogP) is 4.03. The quantitative estimate of drug-likeness (QED) is 0.676. The lowest BCUT2D eigenvalue weighted by atomic mass is 9.95. The number of likely N-dealkylation sites (tertiary alicyclic amines) is 1. The number of nitrogens with one attached hydrogen (secondary N) is 1. The Balaban J connectivity index is 1.35. The van der Waals surface area contributed by atoms with Crippen LogP contribution in [0.4, 0.5) is 5.69 Å². The molecule has 1 saturated heterocycles. The SMILES string of the molecule is CNC(=O)c1sc2ccccc2c1[C@@H]1CCN(CC(=O)N2CCCc3ccccc32)C1. The maximum Gasteiger partial charge on any atom is 0.261 e. The van der Waals surface area contributed by atoms with Crippen molar-refractivity contribution in [1.82, 2.24) is 10.2 Å². The van der Waals surface area contributed by atoms with Crippen LogP contribution in [0, 0.1) is 0 Å². The van der Waals surface area contributed by atoms with Crippen molar-refractivity contribution in [3.63, 3.8) is 0 Å². The van der Waals surface area contributed by atoms with Crippen molar-refractivity contribution in [2.45, 2.75) is 25.2 Å². The molecule has 31 heavy (non-hydrogen) atoms. The van der Waals surface area contributed by atoms with Crippen LogP contribution in [0.15, 0.2) is 48.5 Å². The zero-order chi connectivity index (χ0) is 21.4. The highest BCUT2D eigenvalue weighted by Gasteiger charge is 2.32. The molecule has 1 N–H and O–H groups in total. The van der Waals surface area contributed by atoms with E-state index in [1.54, 1.807) is 18.4 Å². The number of fused-ring (bicyclic) bond motifs is 2. The number of benzene rings is 2. The maximum atomic E-state index is 13.2. The number of hydrogen-bond donors (Lipinski definition) is 1. The number of aryl methyl sites for hydroxylation is 1. The summed E-state index contributed by atoms with van der Waals surface area (Å²) in [7, 11) is 1.69. The molecule has 0 aliphatic carbocycles. The summed E-state index contributed by atoms with van der Waals surface area (Å²) in [5, 5.41) is 3.97. The molecule has 0 unspecified atom stereocenters. The second kappa shape index (κ2) is 8.44. The number of rotatable bonds is 4. The number of carbonyl (C=O) groups is 2. The van der Waals surface area contributed by atoms with Gasteiger partial charge in [-0.05, 0) is 54.5 Å². The van der Waals surface area contributed by atoms with Crippen LogP contribution < -0.4 is 10.2 Å². The lowest BCUT2D eigenvalue weighted by molar-refractivity contribution is -0.119. The fourth-order valence-corrected chi connectivity index (χ4v) is 6.27. The summed E-state index contributed by atoms with van der Waals surface area (Å²) >= 11 is 1.57. The first-order valence-corrected chi connectivity index (χ1v) is 11.8. The molecule has 160 valence electrons. The third-order valence-electron chi connectivity index (χ3n) is 6.52. The summed E-state index contributed by atoms with van der Waals surface area (Å²) < 4.78 is 1.15. The van der Waals surface area contributed by atoms with Crippen LogP contribution in [-0.2, 0) is 11.2 Å². The average Bonchev–Trinajstić information content (AvgIpc) is 3.42. The molecule has 1 atom stereocenters. The van der Waals surface area contributed by atoms with Crippen LogP contribution in [0.5, 0.6) is 0 Å². The van der Waals surface area contributed by atoms with E-state index in [4.69, 9.17) is 0 Å². The highest BCUT2D eigenvalue weighted by molar-refractivity contribution is 7.21. The molecule has 5 nitrogen and oxygen atoms in total. The van der Waals surface area contributed by atoms with E-state index in [9.17, 15) is 9.59 Å². The molecule has 2 aliphatic heterocycles. The minimum absolute atomic E-state index is 0.0179. The topological polar surface area (TPSA) is 52.7 Å². The number of amides is 2. The van der Waals surface area contributed by atoms with E-state index in [0.29, 0.717) is 6.54 Å². The molecule has 3 aromatic rings. The Morgan fingerprint density at radius 2 is 1.90 bits per heavy atom. The Kier molecular flexibility index (Phi) is 5.50. The van der Waals surface area contributed by atoms with Crippen LogP contribution in [0.1, 0.15) is 39.6 Å². The lowest BCUT2D eigenvalue weighted by Crippen LogP contribution is -2.42. The van der Waals surface area contributed by atoms with Crippen LogP contribution in [0.2, 0.25) is 0 Å².